The fourth-order valence-corrected chi connectivity index (χ4v) is 2.78. The highest BCUT2D eigenvalue weighted by Gasteiger charge is 2.18. The molecule has 7 nitrogen and oxygen atoms in total. The second kappa shape index (κ2) is 6.13. The van der Waals surface area contributed by atoms with Gasteiger partial charge in [-0.3, -0.25) is 14.9 Å². The van der Waals surface area contributed by atoms with Gasteiger partial charge in [0.2, 0.25) is 5.95 Å². The Morgan fingerprint density at radius 2 is 2.09 bits per heavy atom. The highest BCUT2D eigenvalue weighted by atomic mass is 16.2. The molecule has 1 saturated carbocycles. The molecule has 2 N–H and O–H groups in total. The Morgan fingerprint density at radius 1 is 1.32 bits per heavy atom. The van der Waals surface area contributed by atoms with Gasteiger partial charge in [0.15, 0.2) is 5.43 Å². The molecule has 22 heavy (non-hydrogen) atoms. The summed E-state index contributed by atoms with van der Waals surface area (Å²) in [4.78, 5) is 31.0. The van der Waals surface area contributed by atoms with E-state index < -0.39 is 5.91 Å². The van der Waals surface area contributed by atoms with Gasteiger partial charge in [-0.1, -0.05) is 19.3 Å². The van der Waals surface area contributed by atoms with Gasteiger partial charge in [0.05, 0.1) is 6.04 Å². The number of carbonyl (C=O) groups is 1. The maximum atomic E-state index is 12.2. The van der Waals surface area contributed by atoms with Crippen LogP contribution in [0, 0.1) is 6.92 Å². The molecule has 0 atom stereocenters. The van der Waals surface area contributed by atoms with E-state index in [9.17, 15) is 9.59 Å². The first-order valence-electron chi connectivity index (χ1n) is 7.55. The number of nitrogens with one attached hydrogen (secondary N) is 2. The van der Waals surface area contributed by atoms with E-state index in [1.165, 1.54) is 25.5 Å². The third-order valence-corrected chi connectivity index (χ3v) is 4.06. The number of aromatic nitrogens is 4. The van der Waals surface area contributed by atoms with Crippen molar-refractivity contribution >= 4 is 11.9 Å². The third kappa shape index (κ3) is 2.93. The lowest BCUT2D eigenvalue weighted by Gasteiger charge is -2.21. The third-order valence-electron chi connectivity index (χ3n) is 4.06. The van der Waals surface area contributed by atoms with Crippen molar-refractivity contribution in [2.24, 2.45) is 0 Å². The monoisotopic (exact) mass is 301 g/mol. The van der Waals surface area contributed by atoms with Gasteiger partial charge in [0.1, 0.15) is 11.9 Å². The summed E-state index contributed by atoms with van der Waals surface area (Å²) in [5.74, 6) is -0.261. The molecule has 1 amide bonds. The van der Waals surface area contributed by atoms with Gasteiger partial charge in [-0.25, -0.2) is 9.67 Å². The fourth-order valence-electron chi connectivity index (χ4n) is 2.78. The molecule has 0 radical (unpaired) electrons. The highest BCUT2D eigenvalue weighted by molar-refractivity contribution is 6.03. The van der Waals surface area contributed by atoms with Gasteiger partial charge in [-0.05, 0) is 19.8 Å². The maximum Gasteiger partial charge on any atom is 0.263 e. The lowest BCUT2D eigenvalue weighted by molar-refractivity contribution is 0.102. The van der Waals surface area contributed by atoms with Crippen LogP contribution >= 0.6 is 0 Å². The van der Waals surface area contributed by atoms with E-state index in [1.807, 2.05) is 4.68 Å². The van der Waals surface area contributed by atoms with Gasteiger partial charge in [-0.15, -0.1) is 5.10 Å². The SMILES string of the molecule is Cc1c[nH]cc(C(=O)Nc2ncn(C3CCCCC3)n2)c1=O. The van der Waals surface area contributed by atoms with E-state index in [1.54, 1.807) is 19.4 Å². The molecule has 7 heteroatoms. The number of pyridine rings is 1. The molecule has 0 bridgehead atoms. The van der Waals surface area contributed by atoms with E-state index in [2.05, 4.69) is 20.4 Å². The summed E-state index contributed by atoms with van der Waals surface area (Å²) in [5.41, 5.74) is 0.269. The van der Waals surface area contributed by atoms with Gasteiger partial charge in [0, 0.05) is 18.0 Å². The van der Waals surface area contributed by atoms with Gasteiger partial charge >= 0.3 is 0 Å². The number of rotatable bonds is 3. The minimum atomic E-state index is -0.494. The number of hydrogen-bond donors (Lipinski definition) is 2. The summed E-state index contributed by atoms with van der Waals surface area (Å²) in [5, 5.41) is 6.90. The van der Waals surface area contributed by atoms with Crippen LogP contribution in [0.25, 0.3) is 0 Å². The summed E-state index contributed by atoms with van der Waals surface area (Å²) in [6.07, 6.45) is 10.5. The van der Waals surface area contributed by atoms with Gasteiger partial charge in [-0.2, -0.15) is 0 Å². The Bertz CT molecular complexity index is 728. The molecule has 2 aromatic rings. The van der Waals surface area contributed by atoms with Crippen molar-refractivity contribution in [3.8, 4) is 0 Å². The van der Waals surface area contributed by atoms with Crippen LogP contribution in [0.5, 0.6) is 0 Å². The molecule has 0 aliphatic heterocycles. The lowest BCUT2D eigenvalue weighted by Crippen LogP contribution is -2.23. The molecular formula is C15H19N5O2. The number of aromatic amines is 1. The minimum Gasteiger partial charge on any atom is -0.366 e. The van der Waals surface area contributed by atoms with E-state index in [0.29, 0.717) is 11.6 Å². The van der Waals surface area contributed by atoms with Crippen molar-refractivity contribution in [2.45, 2.75) is 45.1 Å². The highest BCUT2D eigenvalue weighted by Crippen LogP contribution is 2.27. The molecule has 116 valence electrons. The number of anilines is 1. The Kier molecular flexibility index (Phi) is 4.04. The standard InChI is InChI=1S/C15H19N5O2/c1-10-7-16-8-12(13(10)21)14(22)18-15-17-9-20(19-15)11-5-3-2-4-6-11/h7-9,11H,2-6H2,1H3,(H,16,21)(H,18,19,22). The minimum absolute atomic E-state index is 0.0639. The zero-order valence-corrected chi connectivity index (χ0v) is 12.5. The van der Waals surface area contributed by atoms with E-state index in [4.69, 9.17) is 0 Å². The van der Waals surface area contributed by atoms with Crippen molar-refractivity contribution in [2.75, 3.05) is 5.32 Å². The van der Waals surface area contributed by atoms with Crippen molar-refractivity contribution in [3.05, 3.63) is 40.1 Å². The number of H-pyrrole nitrogens is 1. The smallest absolute Gasteiger partial charge is 0.263 e. The average Bonchev–Trinajstić information content (AvgIpc) is 2.99. The zero-order chi connectivity index (χ0) is 15.5. The second-order valence-corrected chi connectivity index (χ2v) is 5.68. The summed E-state index contributed by atoms with van der Waals surface area (Å²) in [6, 6.07) is 0.356. The topological polar surface area (TPSA) is 92.7 Å². The van der Waals surface area contributed by atoms with Crippen LogP contribution in [0.2, 0.25) is 0 Å². The largest absolute Gasteiger partial charge is 0.366 e. The van der Waals surface area contributed by atoms with Crippen molar-refractivity contribution in [1.29, 1.82) is 0 Å². The summed E-state index contributed by atoms with van der Waals surface area (Å²) >= 11 is 0. The second-order valence-electron chi connectivity index (χ2n) is 5.68. The number of amides is 1. The van der Waals surface area contributed by atoms with Crippen LogP contribution in [0.15, 0.2) is 23.5 Å². The van der Waals surface area contributed by atoms with Crippen molar-refractivity contribution in [3.63, 3.8) is 0 Å². The van der Waals surface area contributed by atoms with Crippen LogP contribution in [-0.4, -0.2) is 25.7 Å². The molecule has 2 aromatic heterocycles. The van der Waals surface area contributed by atoms with Crippen LogP contribution in [0.3, 0.4) is 0 Å². The molecule has 0 unspecified atom stereocenters. The number of carbonyl (C=O) groups excluding carboxylic acids is 1. The first-order valence-corrected chi connectivity index (χ1v) is 7.55. The normalized spacial score (nSPS) is 15.7. The quantitative estimate of drug-likeness (QED) is 0.907. The number of hydrogen-bond acceptors (Lipinski definition) is 4. The van der Waals surface area contributed by atoms with Crippen LogP contribution < -0.4 is 10.7 Å². The lowest BCUT2D eigenvalue weighted by atomic mass is 9.96. The molecule has 1 aliphatic carbocycles. The van der Waals surface area contributed by atoms with E-state index >= 15 is 0 Å². The first kappa shape index (κ1) is 14.5. The molecule has 2 heterocycles. The Morgan fingerprint density at radius 3 is 2.86 bits per heavy atom. The molecular weight excluding hydrogens is 282 g/mol. The number of nitrogens with zero attached hydrogens (tertiary/aromatic N) is 3. The van der Waals surface area contributed by atoms with Gasteiger partial charge < -0.3 is 4.98 Å². The first-order chi connectivity index (χ1) is 10.6. The Hall–Kier alpha value is -2.44. The predicted molar refractivity (Wildman–Crippen MR) is 81.9 cm³/mol. The van der Waals surface area contributed by atoms with Crippen molar-refractivity contribution < 1.29 is 4.79 Å². The van der Waals surface area contributed by atoms with E-state index in [-0.39, 0.29) is 16.9 Å². The summed E-state index contributed by atoms with van der Waals surface area (Å²) < 4.78 is 1.81. The molecule has 0 spiro atoms. The molecule has 1 fully saturated rings. The van der Waals surface area contributed by atoms with Crippen LogP contribution in [0.4, 0.5) is 5.95 Å². The maximum absolute atomic E-state index is 12.2. The number of aryl methyl sites for hydroxylation is 1. The molecule has 3 rings (SSSR count). The summed E-state index contributed by atoms with van der Waals surface area (Å²) in [6.45, 7) is 1.66. The predicted octanol–water partition coefficient (Wildman–Crippen LogP) is 2.03. The summed E-state index contributed by atoms with van der Waals surface area (Å²) in [7, 11) is 0. The van der Waals surface area contributed by atoms with Crippen LogP contribution in [0.1, 0.15) is 54.1 Å². The Balaban J connectivity index is 1.73. The molecule has 0 aromatic carbocycles. The van der Waals surface area contributed by atoms with E-state index in [0.717, 1.165) is 12.8 Å². The molecule has 0 saturated heterocycles. The Labute approximate surface area is 127 Å². The average molecular weight is 301 g/mol. The molecule has 1 aliphatic rings. The zero-order valence-electron chi connectivity index (χ0n) is 12.5. The van der Waals surface area contributed by atoms with Crippen LogP contribution in [-0.2, 0) is 0 Å². The van der Waals surface area contributed by atoms with Crippen molar-refractivity contribution in [1.82, 2.24) is 19.7 Å². The van der Waals surface area contributed by atoms with Gasteiger partial charge in [0.25, 0.3) is 5.91 Å². The fraction of sp³-hybridized carbons (Fsp3) is 0.467.